The number of hydrogen-bond acceptors (Lipinski definition) is 5. The van der Waals surface area contributed by atoms with E-state index in [1.54, 1.807) is 38.5 Å². The van der Waals surface area contributed by atoms with E-state index in [2.05, 4.69) is 22.4 Å². The lowest BCUT2D eigenvalue weighted by Gasteiger charge is -2.19. The van der Waals surface area contributed by atoms with Crippen molar-refractivity contribution >= 4 is 11.6 Å². The van der Waals surface area contributed by atoms with Crippen LogP contribution < -0.4 is 19.5 Å². The summed E-state index contributed by atoms with van der Waals surface area (Å²) in [4.78, 5) is 0. The second-order valence-corrected chi connectivity index (χ2v) is 7.65. The molecule has 0 unspecified atom stereocenters. The third-order valence-corrected chi connectivity index (χ3v) is 5.58. The lowest BCUT2D eigenvalue weighted by molar-refractivity contribution is 0.293. The zero-order chi connectivity index (χ0) is 22.5. The van der Waals surface area contributed by atoms with Crippen molar-refractivity contribution in [2.75, 3.05) is 14.2 Å². The number of aryl methyl sites for hydroxylation is 2. The van der Waals surface area contributed by atoms with E-state index in [0.29, 0.717) is 34.4 Å². The quantitative estimate of drug-likeness (QED) is 0.468. The molecule has 0 aliphatic heterocycles. The lowest BCUT2D eigenvalue weighted by atomic mass is 10.1. The van der Waals surface area contributed by atoms with Crippen LogP contribution in [-0.2, 0) is 13.2 Å². The molecule has 1 heterocycles. The Morgan fingerprint density at radius 3 is 2.35 bits per heavy atom. The molecule has 1 aromatic heterocycles. The molecule has 31 heavy (non-hydrogen) atoms. The SMILES string of the molecule is COc1cc(OCc2c(F)cccc2Cl)cc(OC)c1CN[C@@H](C)c1c(C)n[nH]c1C. The fraction of sp³-hybridized carbons (Fsp3) is 0.348. The first-order valence-corrected chi connectivity index (χ1v) is 10.3. The number of benzene rings is 2. The number of aromatic nitrogens is 2. The average molecular weight is 448 g/mol. The van der Waals surface area contributed by atoms with Crippen LogP contribution in [0.25, 0.3) is 0 Å². The number of nitrogens with one attached hydrogen (secondary N) is 2. The summed E-state index contributed by atoms with van der Waals surface area (Å²) in [6.45, 7) is 6.57. The van der Waals surface area contributed by atoms with Crippen LogP contribution in [0.15, 0.2) is 30.3 Å². The molecule has 0 bridgehead atoms. The van der Waals surface area contributed by atoms with Gasteiger partial charge in [-0.3, -0.25) is 5.10 Å². The Bertz CT molecular complexity index is 990. The smallest absolute Gasteiger partial charge is 0.131 e. The fourth-order valence-corrected chi connectivity index (χ4v) is 3.82. The van der Waals surface area contributed by atoms with Crippen molar-refractivity contribution in [2.45, 2.75) is 40.0 Å². The van der Waals surface area contributed by atoms with Gasteiger partial charge in [-0.1, -0.05) is 17.7 Å². The predicted octanol–water partition coefficient (Wildman–Crippen LogP) is 5.27. The molecule has 2 N–H and O–H groups in total. The first-order chi connectivity index (χ1) is 14.8. The highest BCUT2D eigenvalue weighted by Crippen LogP contribution is 2.35. The Balaban J connectivity index is 1.79. The summed E-state index contributed by atoms with van der Waals surface area (Å²) in [5.74, 6) is 1.29. The molecule has 0 saturated heterocycles. The molecule has 3 rings (SSSR count). The zero-order valence-corrected chi connectivity index (χ0v) is 19.1. The number of H-pyrrole nitrogens is 1. The van der Waals surface area contributed by atoms with Gasteiger partial charge in [-0.15, -0.1) is 0 Å². The van der Waals surface area contributed by atoms with Gasteiger partial charge in [0.1, 0.15) is 29.7 Å². The maximum Gasteiger partial charge on any atom is 0.131 e. The highest BCUT2D eigenvalue weighted by atomic mass is 35.5. The second kappa shape index (κ2) is 10.0. The van der Waals surface area contributed by atoms with E-state index in [-0.39, 0.29) is 12.6 Å². The van der Waals surface area contributed by atoms with E-state index in [1.807, 2.05) is 13.8 Å². The molecule has 0 aliphatic carbocycles. The summed E-state index contributed by atoms with van der Waals surface area (Å²) < 4.78 is 31.0. The molecule has 8 heteroatoms. The first-order valence-electron chi connectivity index (χ1n) is 9.91. The largest absolute Gasteiger partial charge is 0.496 e. The zero-order valence-electron chi connectivity index (χ0n) is 18.3. The molecule has 6 nitrogen and oxygen atoms in total. The molecule has 0 amide bonds. The predicted molar refractivity (Wildman–Crippen MR) is 119 cm³/mol. The van der Waals surface area contributed by atoms with Crippen LogP contribution in [0.1, 0.15) is 41.0 Å². The van der Waals surface area contributed by atoms with Gasteiger partial charge in [0.25, 0.3) is 0 Å². The van der Waals surface area contributed by atoms with E-state index in [0.717, 1.165) is 22.5 Å². The minimum absolute atomic E-state index is 0.00844. The van der Waals surface area contributed by atoms with Gasteiger partial charge >= 0.3 is 0 Å². The van der Waals surface area contributed by atoms with E-state index in [4.69, 9.17) is 25.8 Å². The monoisotopic (exact) mass is 447 g/mol. The Hall–Kier alpha value is -2.77. The van der Waals surface area contributed by atoms with E-state index in [1.165, 1.54) is 6.07 Å². The van der Waals surface area contributed by atoms with Gasteiger partial charge in [-0.25, -0.2) is 4.39 Å². The van der Waals surface area contributed by atoms with Crippen molar-refractivity contribution in [3.63, 3.8) is 0 Å². The number of rotatable bonds is 9. The molecule has 0 spiro atoms. The van der Waals surface area contributed by atoms with Crippen LogP contribution in [0, 0.1) is 19.7 Å². The van der Waals surface area contributed by atoms with Gasteiger partial charge in [0.15, 0.2) is 0 Å². The number of aromatic amines is 1. The first kappa shape index (κ1) is 22.9. The minimum Gasteiger partial charge on any atom is -0.496 e. The van der Waals surface area contributed by atoms with Crippen LogP contribution in [-0.4, -0.2) is 24.4 Å². The van der Waals surface area contributed by atoms with E-state index < -0.39 is 5.82 Å². The molecular weight excluding hydrogens is 421 g/mol. The van der Waals surface area contributed by atoms with Crippen molar-refractivity contribution in [3.05, 3.63) is 69.2 Å². The van der Waals surface area contributed by atoms with Gasteiger partial charge < -0.3 is 19.5 Å². The van der Waals surface area contributed by atoms with Gasteiger partial charge in [-0.2, -0.15) is 5.10 Å². The molecule has 0 aliphatic rings. The molecule has 1 atom stereocenters. The number of ether oxygens (including phenoxy) is 3. The number of hydrogen-bond donors (Lipinski definition) is 2. The van der Waals surface area contributed by atoms with Gasteiger partial charge in [0, 0.05) is 41.5 Å². The Kier molecular flexibility index (Phi) is 7.41. The van der Waals surface area contributed by atoms with Crippen molar-refractivity contribution in [3.8, 4) is 17.2 Å². The van der Waals surface area contributed by atoms with Crippen molar-refractivity contribution in [2.24, 2.45) is 0 Å². The van der Waals surface area contributed by atoms with Crippen LogP contribution in [0.5, 0.6) is 17.2 Å². The number of halogens is 2. The molecule has 2 aromatic carbocycles. The summed E-state index contributed by atoms with van der Waals surface area (Å²) >= 11 is 6.09. The number of nitrogens with zero attached hydrogens (tertiary/aromatic N) is 1. The summed E-state index contributed by atoms with van der Waals surface area (Å²) in [6, 6.07) is 8.13. The lowest BCUT2D eigenvalue weighted by Crippen LogP contribution is -2.20. The van der Waals surface area contributed by atoms with Crippen LogP contribution in [0.2, 0.25) is 5.02 Å². The second-order valence-electron chi connectivity index (χ2n) is 7.25. The fourth-order valence-electron chi connectivity index (χ4n) is 3.60. The molecule has 3 aromatic rings. The van der Waals surface area contributed by atoms with Crippen LogP contribution >= 0.6 is 11.6 Å². The summed E-state index contributed by atoms with van der Waals surface area (Å²) in [5, 5.41) is 11.1. The minimum atomic E-state index is -0.411. The normalized spacial score (nSPS) is 12.0. The third kappa shape index (κ3) is 5.11. The summed E-state index contributed by atoms with van der Waals surface area (Å²) in [5.41, 5.74) is 4.29. The van der Waals surface area contributed by atoms with Crippen molar-refractivity contribution in [1.29, 1.82) is 0 Å². The van der Waals surface area contributed by atoms with Gasteiger partial charge in [0.2, 0.25) is 0 Å². The molecule has 0 saturated carbocycles. The Labute approximate surface area is 186 Å². The highest BCUT2D eigenvalue weighted by molar-refractivity contribution is 6.31. The van der Waals surface area contributed by atoms with Crippen LogP contribution in [0.3, 0.4) is 0 Å². The molecule has 166 valence electrons. The Morgan fingerprint density at radius 1 is 1.13 bits per heavy atom. The maximum absolute atomic E-state index is 14.0. The number of methoxy groups -OCH3 is 2. The topological polar surface area (TPSA) is 68.4 Å². The van der Waals surface area contributed by atoms with Gasteiger partial charge in [-0.05, 0) is 32.9 Å². The molecule has 0 radical (unpaired) electrons. The molecule has 0 fully saturated rings. The standard InChI is InChI=1S/C23H27ClFN3O3/c1-13(23-14(2)27-28-15(23)3)26-11-17-21(29-4)9-16(10-22(17)30-5)31-12-18-19(24)7-6-8-20(18)25/h6-10,13,26H,11-12H2,1-5H3,(H,27,28)/t13-/m0/s1. The maximum atomic E-state index is 14.0. The third-order valence-electron chi connectivity index (χ3n) is 5.23. The highest BCUT2D eigenvalue weighted by Gasteiger charge is 2.18. The van der Waals surface area contributed by atoms with Crippen molar-refractivity contribution in [1.82, 2.24) is 15.5 Å². The van der Waals surface area contributed by atoms with Crippen molar-refractivity contribution < 1.29 is 18.6 Å². The van der Waals surface area contributed by atoms with Crippen LogP contribution in [0.4, 0.5) is 4.39 Å². The van der Waals surface area contributed by atoms with E-state index in [9.17, 15) is 4.39 Å². The van der Waals surface area contributed by atoms with E-state index >= 15 is 0 Å². The average Bonchev–Trinajstić information content (AvgIpc) is 3.09. The Morgan fingerprint density at radius 2 is 1.81 bits per heavy atom. The van der Waals surface area contributed by atoms with Gasteiger partial charge in [0.05, 0.1) is 30.5 Å². The summed E-state index contributed by atoms with van der Waals surface area (Å²) in [7, 11) is 3.17. The molecular formula is C23H27ClFN3O3. The summed E-state index contributed by atoms with van der Waals surface area (Å²) in [6.07, 6.45) is 0.